The molecule has 0 saturated heterocycles. The molecule has 8 aliphatic carbocycles. The minimum absolute atomic E-state index is 0. The Bertz CT molecular complexity index is 426. The zero-order valence-electron chi connectivity index (χ0n) is 16.9. The maximum atomic E-state index is 2.45. The second kappa shape index (κ2) is 6.72. The number of unbranched alkanes of at least 4 members (excludes halogenated alkanes) is 1. The highest BCUT2D eigenvalue weighted by molar-refractivity contribution is 8.93. The van der Waals surface area contributed by atoms with Crippen LogP contribution in [0.25, 0.3) is 0 Å². The van der Waals surface area contributed by atoms with Crippen molar-refractivity contribution >= 4 is 24.9 Å². The van der Waals surface area contributed by atoms with Crippen LogP contribution in [0.1, 0.15) is 96.8 Å². The molecule has 0 unspecified atom stereocenters. The van der Waals surface area contributed by atoms with Gasteiger partial charge >= 0.3 is 0 Å². The van der Waals surface area contributed by atoms with Crippen molar-refractivity contribution < 1.29 is 0 Å². The third kappa shape index (κ3) is 2.83. The van der Waals surface area contributed by atoms with Gasteiger partial charge in [0, 0.05) is 0 Å². The third-order valence-electron chi connectivity index (χ3n) is 9.89. The normalized spacial score (nSPS) is 54.3. The van der Waals surface area contributed by atoms with E-state index in [1.54, 1.807) is 89.6 Å². The average Bonchev–Trinajstić information content (AvgIpc) is 2.52. The summed E-state index contributed by atoms with van der Waals surface area (Å²) in [6, 6.07) is 0. The summed E-state index contributed by atoms with van der Waals surface area (Å²) in [5, 5.41) is 1.76. The number of halogens is 1. The maximum absolute atomic E-state index is 2.45. The first-order valence-corrected chi connectivity index (χ1v) is 13.5. The fourth-order valence-corrected chi connectivity index (χ4v) is 15.5. The van der Waals surface area contributed by atoms with Gasteiger partial charge in [0.15, 0.2) is 0 Å². The molecular formula is C24H40BrP. The van der Waals surface area contributed by atoms with Gasteiger partial charge in [0.2, 0.25) is 0 Å². The average molecular weight is 439 g/mol. The molecule has 0 spiro atoms. The Morgan fingerprint density at radius 2 is 0.923 bits per heavy atom. The van der Waals surface area contributed by atoms with Gasteiger partial charge in [-0.3, -0.25) is 0 Å². The van der Waals surface area contributed by atoms with Crippen LogP contribution in [0.4, 0.5) is 0 Å². The lowest BCUT2D eigenvalue weighted by Gasteiger charge is -2.67. The van der Waals surface area contributed by atoms with Gasteiger partial charge in [-0.25, -0.2) is 0 Å². The van der Waals surface area contributed by atoms with E-state index in [1.165, 1.54) is 6.42 Å². The number of hydrogen-bond donors (Lipinski definition) is 0. The number of hydrogen-bond acceptors (Lipinski definition) is 0. The quantitative estimate of drug-likeness (QED) is 0.384. The van der Waals surface area contributed by atoms with Gasteiger partial charge in [-0.2, -0.15) is 0 Å². The van der Waals surface area contributed by atoms with E-state index in [0.717, 1.165) is 45.8 Å². The molecule has 8 fully saturated rings. The van der Waals surface area contributed by atoms with Gasteiger partial charge in [-0.15, -0.1) is 17.0 Å². The Labute approximate surface area is 173 Å². The van der Waals surface area contributed by atoms with Gasteiger partial charge in [0.05, 0.1) is 0 Å². The SMILES string of the molecule is Br.CCCCP(C12CC3CC(CC(C3)C1)C2)C12CC3CC(CC(C3)C1)C2. The molecule has 26 heavy (non-hydrogen) atoms. The van der Waals surface area contributed by atoms with Crippen molar-refractivity contribution in [1.82, 2.24) is 0 Å². The summed E-state index contributed by atoms with van der Waals surface area (Å²) in [6.45, 7) is 2.45. The molecular weight excluding hydrogens is 399 g/mol. The summed E-state index contributed by atoms with van der Waals surface area (Å²) >= 11 is 0. The number of rotatable bonds is 5. The fourth-order valence-electron chi connectivity index (χ4n) is 10.1. The topological polar surface area (TPSA) is 0 Å². The highest BCUT2D eigenvalue weighted by Crippen LogP contribution is 2.78. The van der Waals surface area contributed by atoms with Crippen molar-refractivity contribution in [3.63, 3.8) is 0 Å². The molecule has 0 aromatic carbocycles. The van der Waals surface area contributed by atoms with Gasteiger partial charge in [0.1, 0.15) is 0 Å². The van der Waals surface area contributed by atoms with E-state index in [9.17, 15) is 0 Å². The van der Waals surface area contributed by atoms with E-state index < -0.39 is 0 Å². The van der Waals surface area contributed by atoms with Crippen molar-refractivity contribution in [2.75, 3.05) is 6.16 Å². The summed E-state index contributed by atoms with van der Waals surface area (Å²) in [7, 11) is 0.285. The molecule has 0 atom stereocenters. The Kier molecular flexibility index (Phi) is 4.89. The van der Waals surface area contributed by atoms with E-state index in [0.29, 0.717) is 0 Å². The Morgan fingerprint density at radius 3 is 1.19 bits per heavy atom. The second-order valence-electron chi connectivity index (χ2n) is 11.8. The van der Waals surface area contributed by atoms with Crippen molar-refractivity contribution in [1.29, 1.82) is 0 Å². The minimum Gasteiger partial charge on any atom is -0.114 e. The summed E-state index contributed by atoms with van der Waals surface area (Å²) in [5.41, 5.74) is 0. The van der Waals surface area contributed by atoms with Gasteiger partial charge in [-0.1, -0.05) is 21.3 Å². The standard InChI is InChI=1S/C24H39P.BrH/c1-2-3-4-25(23-11-17-5-18(12-23)7-19(6-17)13-23)24-14-20-8-21(15-24)10-22(9-20)16-24;/h17-22H,2-16H2,1H3;1H. The first kappa shape index (κ1) is 18.9. The lowest BCUT2D eigenvalue weighted by atomic mass is 9.55. The van der Waals surface area contributed by atoms with E-state index >= 15 is 0 Å². The van der Waals surface area contributed by atoms with Crippen molar-refractivity contribution in [3.8, 4) is 0 Å². The van der Waals surface area contributed by atoms with Crippen molar-refractivity contribution in [2.24, 2.45) is 35.5 Å². The van der Waals surface area contributed by atoms with Crippen LogP contribution in [0.5, 0.6) is 0 Å². The third-order valence-corrected chi connectivity index (χ3v) is 14.0. The lowest BCUT2D eigenvalue weighted by molar-refractivity contribution is 0.0185. The summed E-state index contributed by atoms with van der Waals surface area (Å²) in [5.74, 6) is 6.95. The van der Waals surface area contributed by atoms with Crippen LogP contribution in [0, 0.1) is 35.5 Å². The Balaban J connectivity index is 0.00000150. The zero-order valence-corrected chi connectivity index (χ0v) is 19.5. The molecule has 8 saturated carbocycles. The van der Waals surface area contributed by atoms with Crippen LogP contribution in [-0.2, 0) is 0 Å². The molecule has 0 heterocycles. The van der Waals surface area contributed by atoms with Crippen LogP contribution in [0.2, 0.25) is 0 Å². The van der Waals surface area contributed by atoms with E-state index in [-0.39, 0.29) is 24.9 Å². The summed E-state index contributed by atoms with van der Waals surface area (Å²) in [6.07, 6.45) is 24.6. The zero-order chi connectivity index (χ0) is 16.6. The van der Waals surface area contributed by atoms with Crippen LogP contribution >= 0.6 is 24.9 Å². The molecule has 148 valence electrons. The van der Waals surface area contributed by atoms with Crippen LogP contribution in [0.15, 0.2) is 0 Å². The highest BCUT2D eigenvalue weighted by Gasteiger charge is 2.62. The van der Waals surface area contributed by atoms with E-state index in [2.05, 4.69) is 6.92 Å². The molecule has 0 aliphatic heterocycles. The maximum Gasteiger partial charge on any atom is -0.00815 e. The van der Waals surface area contributed by atoms with Crippen LogP contribution in [0.3, 0.4) is 0 Å². The molecule has 2 heteroatoms. The summed E-state index contributed by atoms with van der Waals surface area (Å²) < 4.78 is 0. The van der Waals surface area contributed by atoms with Crippen LogP contribution < -0.4 is 0 Å². The largest absolute Gasteiger partial charge is 0.114 e. The Hall–Kier alpha value is 0.910. The Morgan fingerprint density at radius 1 is 0.615 bits per heavy atom. The lowest BCUT2D eigenvalue weighted by Crippen LogP contribution is -2.56. The minimum atomic E-state index is 0. The fraction of sp³-hybridized carbons (Fsp3) is 1.00. The molecule has 0 radical (unpaired) electrons. The smallest absolute Gasteiger partial charge is 0.00815 e. The van der Waals surface area contributed by atoms with Crippen LogP contribution in [-0.4, -0.2) is 16.5 Å². The molecule has 0 nitrogen and oxygen atoms in total. The molecule has 8 rings (SSSR count). The van der Waals surface area contributed by atoms with Gasteiger partial charge < -0.3 is 0 Å². The van der Waals surface area contributed by atoms with Gasteiger partial charge in [0.25, 0.3) is 0 Å². The first-order chi connectivity index (χ1) is 12.2. The van der Waals surface area contributed by atoms with Crippen molar-refractivity contribution in [2.45, 2.75) is 107 Å². The van der Waals surface area contributed by atoms with Gasteiger partial charge in [-0.05, 0) is 135 Å². The monoisotopic (exact) mass is 438 g/mol. The molecule has 0 amide bonds. The highest BCUT2D eigenvalue weighted by atomic mass is 79.9. The predicted octanol–water partition coefficient (Wildman–Crippen LogP) is 7.78. The predicted molar refractivity (Wildman–Crippen MR) is 119 cm³/mol. The second-order valence-corrected chi connectivity index (χ2v) is 15.0. The van der Waals surface area contributed by atoms with E-state index in [4.69, 9.17) is 0 Å². The van der Waals surface area contributed by atoms with Crippen molar-refractivity contribution in [3.05, 3.63) is 0 Å². The molecule has 0 aromatic rings. The molecule has 8 aliphatic rings. The van der Waals surface area contributed by atoms with E-state index in [1.807, 2.05) is 0 Å². The molecule has 8 bridgehead atoms. The molecule has 0 N–H and O–H groups in total. The summed E-state index contributed by atoms with van der Waals surface area (Å²) in [4.78, 5) is 0. The first-order valence-electron chi connectivity index (χ1n) is 11.9. The molecule has 0 aromatic heterocycles.